The van der Waals surface area contributed by atoms with Crippen LogP contribution in [0.15, 0.2) is 36.7 Å². The van der Waals surface area contributed by atoms with Gasteiger partial charge < -0.3 is 5.73 Å². The molecule has 0 bridgehead atoms. The summed E-state index contributed by atoms with van der Waals surface area (Å²) in [6.45, 7) is 0. The Hall–Kier alpha value is -1.41. The molecule has 2 nitrogen and oxygen atoms in total. The fourth-order valence-corrected chi connectivity index (χ4v) is 2.30. The summed E-state index contributed by atoms with van der Waals surface area (Å²) in [6, 6.07) is 8.55. The van der Waals surface area contributed by atoms with E-state index < -0.39 is 0 Å². The number of nitrogens with two attached hydrogens (primary N) is 1. The standard InChI is InChI=1S/C14H16N2/c15-14(8-10-4-5-10)12-3-1-2-11-6-7-16-9-13(11)12/h1-3,6-7,9-10,14H,4-5,8,15H2. The first kappa shape index (κ1) is 9.79. The number of pyridine rings is 1. The molecule has 0 amide bonds. The van der Waals surface area contributed by atoms with Gasteiger partial charge in [0.25, 0.3) is 0 Å². The summed E-state index contributed by atoms with van der Waals surface area (Å²) in [5.74, 6) is 0.863. The largest absolute Gasteiger partial charge is 0.324 e. The van der Waals surface area contributed by atoms with Gasteiger partial charge in [0.15, 0.2) is 0 Å². The molecule has 0 radical (unpaired) electrons. The molecule has 2 N–H and O–H groups in total. The Morgan fingerprint density at radius 2 is 2.19 bits per heavy atom. The number of hydrogen-bond donors (Lipinski definition) is 1. The normalized spacial score (nSPS) is 17.6. The first-order chi connectivity index (χ1) is 7.84. The monoisotopic (exact) mass is 212 g/mol. The minimum Gasteiger partial charge on any atom is -0.324 e. The van der Waals surface area contributed by atoms with Crippen LogP contribution in [0.3, 0.4) is 0 Å². The van der Waals surface area contributed by atoms with Crippen molar-refractivity contribution in [2.45, 2.75) is 25.3 Å². The lowest BCUT2D eigenvalue weighted by molar-refractivity contribution is 0.600. The lowest BCUT2D eigenvalue weighted by atomic mass is 9.97. The van der Waals surface area contributed by atoms with E-state index >= 15 is 0 Å². The predicted molar refractivity (Wildman–Crippen MR) is 66.0 cm³/mol. The summed E-state index contributed by atoms with van der Waals surface area (Å²) in [4.78, 5) is 4.20. The Morgan fingerprint density at radius 1 is 1.31 bits per heavy atom. The zero-order valence-corrected chi connectivity index (χ0v) is 9.26. The summed E-state index contributed by atoms with van der Waals surface area (Å²) in [5, 5.41) is 2.44. The van der Waals surface area contributed by atoms with Gasteiger partial charge in [-0.2, -0.15) is 0 Å². The third-order valence-corrected chi connectivity index (χ3v) is 3.40. The van der Waals surface area contributed by atoms with Gasteiger partial charge in [-0.3, -0.25) is 4.98 Å². The second kappa shape index (κ2) is 3.87. The third-order valence-electron chi connectivity index (χ3n) is 3.40. The Bertz CT molecular complexity index is 498. The van der Waals surface area contributed by atoms with Crippen molar-refractivity contribution in [2.24, 2.45) is 11.7 Å². The van der Waals surface area contributed by atoms with Crippen LogP contribution in [0.25, 0.3) is 10.8 Å². The lowest BCUT2D eigenvalue weighted by Gasteiger charge is -2.13. The Morgan fingerprint density at radius 3 is 3.00 bits per heavy atom. The number of rotatable bonds is 3. The predicted octanol–water partition coefficient (Wildman–Crippen LogP) is 3.03. The quantitative estimate of drug-likeness (QED) is 0.849. The number of fused-ring (bicyclic) bond motifs is 1. The van der Waals surface area contributed by atoms with E-state index in [0.717, 1.165) is 12.3 Å². The maximum atomic E-state index is 6.27. The summed E-state index contributed by atoms with van der Waals surface area (Å²) < 4.78 is 0. The van der Waals surface area contributed by atoms with Gasteiger partial charge in [-0.25, -0.2) is 0 Å². The molecule has 16 heavy (non-hydrogen) atoms. The molecule has 1 heterocycles. The molecule has 3 rings (SSSR count). The van der Waals surface area contributed by atoms with E-state index in [1.807, 2.05) is 18.5 Å². The fourth-order valence-electron chi connectivity index (χ4n) is 2.30. The van der Waals surface area contributed by atoms with Crippen LogP contribution >= 0.6 is 0 Å². The molecule has 1 aliphatic carbocycles. The SMILES string of the molecule is NC(CC1CC1)c1cccc2ccncc12. The van der Waals surface area contributed by atoms with Crippen molar-refractivity contribution in [1.29, 1.82) is 0 Å². The molecule has 1 atom stereocenters. The maximum absolute atomic E-state index is 6.27. The molecule has 0 saturated heterocycles. The number of benzene rings is 1. The van der Waals surface area contributed by atoms with Gasteiger partial charge in [-0.15, -0.1) is 0 Å². The molecule has 1 aromatic carbocycles. The van der Waals surface area contributed by atoms with E-state index in [0.29, 0.717) is 0 Å². The van der Waals surface area contributed by atoms with E-state index in [9.17, 15) is 0 Å². The van der Waals surface area contributed by atoms with Gasteiger partial charge in [0, 0.05) is 23.8 Å². The summed E-state index contributed by atoms with van der Waals surface area (Å²) in [7, 11) is 0. The van der Waals surface area contributed by atoms with Crippen molar-refractivity contribution in [2.75, 3.05) is 0 Å². The molecular formula is C14H16N2. The van der Waals surface area contributed by atoms with Gasteiger partial charge in [-0.05, 0) is 29.4 Å². The highest BCUT2D eigenvalue weighted by atomic mass is 14.7. The van der Waals surface area contributed by atoms with Gasteiger partial charge >= 0.3 is 0 Å². The smallest absolute Gasteiger partial charge is 0.0349 e. The van der Waals surface area contributed by atoms with Gasteiger partial charge in [0.1, 0.15) is 0 Å². The molecule has 2 heteroatoms. The van der Waals surface area contributed by atoms with E-state index in [1.165, 1.54) is 29.2 Å². The maximum Gasteiger partial charge on any atom is 0.0349 e. The third kappa shape index (κ3) is 1.81. The highest BCUT2D eigenvalue weighted by Gasteiger charge is 2.25. The molecule has 1 unspecified atom stereocenters. The Labute approximate surface area is 95.5 Å². The molecule has 2 aromatic rings. The van der Waals surface area contributed by atoms with Gasteiger partial charge in [0.2, 0.25) is 0 Å². The van der Waals surface area contributed by atoms with E-state index in [1.54, 1.807) is 0 Å². The molecule has 1 aromatic heterocycles. The molecule has 1 aliphatic rings. The molecule has 0 spiro atoms. The van der Waals surface area contributed by atoms with Crippen LogP contribution in [-0.2, 0) is 0 Å². The zero-order valence-electron chi connectivity index (χ0n) is 9.26. The second-order valence-corrected chi connectivity index (χ2v) is 4.73. The van der Waals surface area contributed by atoms with E-state index in [-0.39, 0.29) is 6.04 Å². The first-order valence-electron chi connectivity index (χ1n) is 5.93. The average molecular weight is 212 g/mol. The number of nitrogens with zero attached hydrogens (tertiary/aromatic N) is 1. The van der Waals surface area contributed by atoms with Crippen molar-refractivity contribution in [1.82, 2.24) is 4.98 Å². The number of hydrogen-bond acceptors (Lipinski definition) is 2. The number of aromatic nitrogens is 1. The second-order valence-electron chi connectivity index (χ2n) is 4.73. The van der Waals surface area contributed by atoms with Gasteiger partial charge in [-0.1, -0.05) is 31.0 Å². The highest BCUT2D eigenvalue weighted by Crippen LogP contribution is 2.37. The van der Waals surface area contributed by atoms with Crippen LogP contribution in [0.4, 0.5) is 0 Å². The van der Waals surface area contributed by atoms with Crippen LogP contribution < -0.4 is 5.73 Å². The molecule has 0 aliphatic heterocycles. The van der Waals surface area contributed by atoms with Crippen molar-refractivity contribution in [3.63, 3.8) is 0 Å². The Kier molecular flexibility index (Phi) is 2.37. The molecule has 82 valence electrons. The van der Waals surface area contributed by atoms with Crippen LogP contribution in [0.1, 0.15) is 30.9 Å². The minimum atomic E-state index is 0.167. The lowest BCUT2D eigenvalue weighted by Crippen LogP contribution is -2.11. The van der Waals surface area contributed by atoms with E-state index in [2.05, 4.69) is 23.2 Å². The minimum absolute atomic E-state index is 0.167. The molecule has 1 saturated carbocycles. The topological polar surface area (TPSA) is 38.9 Å². The van der Waals surface area contributed by atoms with E-state index in [4.69, 9.17) is 5.73 Å². The van der Waals surface area contributed by atoms with Crippen molar-refractivity contribution >= 4 is 10.8 Å². The van der Waals surface area contributed by atoms with Crippen molar-refractivity contribution in [3.05, 3.63) is 42.2 Å². The zero-order chi connectivity index (χ0) is 11.0. The van der Waals surface area contributed by atoms with Crippen molar-refractivity contribution < 1.29 is 0 Å². The Balaban J connectivity index is 2.00. The fraction of sp³-hybridized carbons (Fsp3) is 0.357. The summed E-state index contributed by atoms with van der Waals surface area (Å²) in [6.07, 6.45) is 7.59. The van der Waals surface area contributed by atoms with Crippen LogP contribution in [0, 0.1) is 5.92 Å². The summed E-state index contributed by atoms with van der Waals surface area (Å²) in [5.41, 5.74) is 7.52. The molecule has 1 fully saturated rings. The first-order valence-corrected chi connectivity index (χ1v) is 5.93. The average Bonchev–Trinajstić information content (AvgIpc) is 3.12. The highest BCUT2D eigenvalue weighted by molar-refractivity contribution is 5.85. The summed E-state index contributed by atoms with van der Waals surface area (Å²) >= 11 is 0. The van der Waals surface area contributed by atoms with Crippen LogP contribution in [-0.4, -0.2) is 4.98 Å². The van der Waals surface area contributed by atoms with Crippen molar-refractivity contribution in [3.8, 4) is 0 Å². The van der Waals surface area contributed by atoms with Crippen LogP contribution in [0.2, 0.25) is 0 Å². The van der Waals surface area contributed by atoms with Crippen LogP contribution in [0.5, 0.6) is 0 Å². The molecular weight excluding hydrogens is 196 g/mol. The van der Waals surface area contributed by atoms with Gasteiger partial charge in [0.05, 0.1) is 0 Å².